The highest BCUT2D eigenvalue weighted by Gasteiger charge is 2.50. The van der Waals surface area contributed by atoms with Gasteiger partial charge in [-0.15, -0.1) is 0 Å². The largest absolute Gasteiger partial charge is 0.320 e. The third-order valence-corrected chi connectivity index (χ3v) is 6.05. The van der Waals surface area contributed by atoms with Gasteiger partial charge in [-0.25, -0.2) is 0 Å². The van der Waals surface area contributed by atoms with Crippen molar-refractivity contribution in [2.75, 3.05) is 0 Å². The predicted octanol–water partition coefficient (Wildman–Crippen LogP) is 5.83. The molecule has 0 spiro atoms. The zero-order valence-electron chi connectivity index (χ0n) is 16.7. The fourth-order valence-electron chi connectivity index (χ4n) is 4.68. The van der Waals surface area contributed by atoms with Gasteiger partial charge in [-0.05, 0) is 28.3 Å². The van der Waals surface area contributed by atoms with Crippen molar-refractivity contribution < 1.29 is 4.79 Å². The summed E-state index contributed by atoms with van der Waals surface area (Å²) < 4.78 is 0. The van der Waals surface area contributed by atoms with E-state index in [-0.39, 0.29) is 5.91 Å². The smallest absolute Gasteiger partial charge is 0.255 e. The SMILES string of the molecule is O=C1c2ccccc2C(Cc2ccccc2)(c2ccccc2)N1Cc1ccccc1. The van der Waals surface area contributed by atoms with Crippen molar-refractivity contribution in [1.29, 1.82) is 0 Å². The second-order valence-corrected chi connectivity index (χ2v) is 7.81. The first-order valence-corrected chi connectivity index (χ1v) is 10.3. The Kier molecular flexibility index (Phi) is 4.68. The van der Waals surface area contributed by atoms with E-state index in [0.29, 0.717) is 6.54 Å². The average molecular weight is 389 g/mol. The first-order valence-electron chi connectivity index (χ1n) is 10.3. The average Bonchev–Trinajstić information content (AvgIpc) is 3.05. The van der Waals surface area contributed by atoms with Crippen molar-refractivity contribution in [3.63, 3.8) is 0 Å². The van der Waals surface area contributed by atoms with Crippen LogP contribution in [0.2, 0.25) is 0 Å². The quantitative estimate of drug-likeness (QED) is 0.421. The van der Waals surface area contributed by atoms with Gasteiger partial charge in [0, 0.05) is 18.5 Å². The van der Waals surface area contributed by atoms with Crippen molar-refractivity contribution >= 4 is 5.91 Å². The highest BCUT2D eigenvalue weighted by atomic mass is 16.2. The maximum Gasteiger partial charge on any atom is 0.255 e. The Morgan fingerprint density at radius 1 is 0.600 bits per heavy atom. The summed E-state index contributed by atoms with van der Waals surface area (Å²) in [6.07, 6.45) is 0.730. The van der Waals surface area contributed by atoms with Gasteiger partial charge in [0.1, 0.15) is 0 Å². The van der Waals surface area contributed by atoms with Crippen LogP contribution in [0.5, 0.6) is 0 Å². The van der Waals surface area contributed by atoms with E-state index in [2.05, 4.69) is 71.6 Å². The molecule has 0 saturated heterocycles. The third kappa shape index (κ3) is 3.02. The number of benzene rings is 4. The van der Waals surface area contributed by atoms with E-state index in [1.807, 2.05) is 48.5 Å². The summed E-state index contributed by atoms with van der Waals surface area (Å²) in [4.78, 5) is 15.8. The molecule has 0 saturated carbocycles. The van der Waals surface area contributed by atoms with Crippen LogP contribution in [0.3, 0.4) is 0 Å². The minimum absolute atomic E-state index is 0.0919. The summed E-state index contributed by atoms with van der Waals surface area (Å²) in [5.41, 5.74) is 4.82. The third-order valence-electron chi connectivity index (χ3n) is 6.05. The van der Waals surface area contributed by atoms with Gasteiger partial charge in [0.15, 0.2) is 0 Å². The van der Waals surface area contributed by atoms with Crippen LogP contribution in [0.1, 0.15) is 32.6 Å². The van der Waals surface area contributed by atoms with Crippen LogP contribution >= 0.6 is 0 Å². The molecule has 4 aromatic carbocycles. The molecule has 1 heterocycles. The summed E-state index contributed by atoms with van der Waals surface area (Å²) in [7, 11) is 0. The zero-order valence-corrected chi connectivity index (χ0v) is 16.7. The van der Waals surface area contributed by atoms with Crippen LogP contribution in [0.25, 0.3) is 0 Å². The molecule has 0 radical (unpaired) electrons. The molecule has 0 bridgehead atoms. The molecule has 5 rings (SSSR count). The molecule has 1 atom stereocenters. The number of nitrogens with zero attached hydrogens (tertiary/aromatic N) is 1. The lowest BCUT2D eigenvalue weighted by Crippen LogP contribution is -2.46. The van der Waals surface area contributed by atoms with Crippen molar-refractivity contribution in [3.05, 3.63) is 143 Å². The fraction of sp³-hybridized carbons (Fsp3) is 0.107. The molecule has 1 unspecified atom stereocenters. The number of hydrogen-bond donors (Lipinski definition) is 0. The summed E-state index contributed by atoms with van der Waals surface area (Å²) in [5.74, 6) is 0.0919. The Morgan fingerprint density at radius 2 is 1.13 bits per heavy atom. The molecule has 1 amide bonds. The Bertz CT molecular complexity index is 1150. The van der Waals surface area contributed by atoms with E-state index < -0.39 is 5.54 Å². The maximum atomic E-state index is 13.7. The zero-order chi connectivity index (χ0) is 20.4. The normalized spacial score (nSPS) is 17.7. The molecule has 0 aromatic heterocycles. The minimum atomic E-state index is -0.549. The Hall–Kier alpha value is -3.65. The van der Waals surface area contributed by atoms with Gasteiger partial charge in [0.2, 0.25) is 0 Å². The lowest BCUT2D eigenvalue weighted by Gasteiger charge is -2.40. The van der Waals surface area contributed by atoms with E-state index in [0.717, 1.165) is 28.7 Å². The van der Waals surface area contributed by atoms with Gasteiger partial charge in [-0.3, -0.25) is 4.79 Å². The minimum Gasteiger partial charge on any atom is -0.320 e. The van der Waals surface area contributed by atoms with Crippen LogP contribution < -0.4 is 0 Å². The molecule has 1 aliphatic rings. The molecule has 0 aliphatic carbocycles. The second-order valence-electron chi connectivity index (χ2n) is 7.81. The van der Waals surface area contributed by atoms with E-state index in [4.69, 9.17) is 0 Å². The standard InChI is InChI=1S/C28H23NO/c30-27-25-18-10-11-19-26(25)28(24-16-8-3-9-17-24,20-22-12-4-1-5-13-22)29(27)21-23-14-6-2-7-15-23/h1-19H,20-21H2. The lowest BCUT2D eigenvalue weighted by molar-refractivity contribution is 0.0599. The Balaban J connectivity index is 1.74. The highest BCUT2D eigenvalue weighted by molar-refractivity contribution is 6.00. The number of rotatable bonds is 5. The maximum absolute atomic E-state index is 13.7. The van der Waals surface area contributed by atoms with Gasteiger partial charge >= 0.3 is 0 Å². The van der Waals surface area contributed by atoms with Crippen molar-refractivity contribution in [2.24, 2.45) is 0 Å². The van der Waals surface area contributed by atoms with E-state index in [9.17, 15) is 4.79 Å². The molecule has 2 nitrogen and oxygen atoms in total. The van der Waals surface area contributed by atoms with E-state index in [1.165, 1.54) is 5.56 Å². The summed E-state index contributed by atoms with van der Waals surface area (Å²) >= 11 is 0. The van der Waals surface area contributed by atoms with Gasteiger partial charge in [0.05, 0.1) is 5.54 Å². The first-order chi connectivity index (χ1) is 14.8. The van der Waals surface area contributed by atoms with E-state index >= 15 is 0 Å². The molecule has 0 fully saturated rings. The summed E-state index contributed by atoms with van der Waals surface area (Å²) in [6.45, 7) is 0.566. The summed E-state index contributed by atoms with van der Waals surface area (Å²) in [6, 6.07) is 39.3. The van der Waals surface area contributed by atoms with Gasteiger partial charge in [0.25, 0.3) is 5.91 Å². The number of amides is 1. The van der Waals surface area contributed by atoms with Crippen molar-refractivity contribution in [1.82, 2.24) is 4.90 Å². The second kappa shape index (κ2) is 7.64. The molecule has 30 heavy (non-hydrogen) atoms. The predicted molar refractivity (Wildman–Crippen MR) is 120 cm³/mol. The molecule has 4 aromatic rings. The number of carbonyl (C=O) groups is 1. The summed E-state index contributed by atoms with van der Waals surface area (Å²) in [5, 5.41) is 0. The van der Waals surface area contributed by atoms with Crippen LogP contribution in [-0.2, 0) is 18.5 Å². The topological polar surface area (TPSA) is 20.3 Å². The van der Waals surface area contributed by atoms with Crippen LogP contribution in [-0.4, -0.2) is 10.8 Å². The van der Waals surface area contributed by atoms with Gasteiger partial charge in [-0.1, -0.05) is 109 Å². The van der Waals surface area contributed by atoms with Crippen molar-refractivity contribution in [2.45, 2.75) is 18.5 Å². The molecule has 1 aliphatic heterocycles. The van der Waals surface area contributed by atoms with Crippen LogP contribution in [0, 0.1) is 0 Å². The monoisotopic (exact) mass is 389 g/mol. The first kappa shape index (κ1) is 18.4. The van der Waals surface area contributed by atoms with Gasteiger partial charge < -0.3 is 4.90 Å². The Labute approximate surface area is 177 Å². The molecule has 2 heteroatoms. The van der Waals surface area contributed by atoms with Crippen molar-refractivity contribution in [3.8, 4) is 0 Å². The van der Waals surface area contributed by atoms with Crippen LogP contribution in [0.15, 0.2) is 115 Å². The number of hydrogen-bond acceptors (Lipinski definition) is 1. The van der Waals surface area contributed by atoms with Crippen LogP contribution in [0.4, 0.5) is 0 Å². The van der Waals surface area contributed by atoms with Gasteiger partial charge in [-0.2, -0.15) is 0 Å². The number of carbonyl (C=O) groups excluding carboxylic acids is 1. The Morgan fingerprint density at radius 3 is 1.80 bits per heavy atom. The molecular weight excluding hydrogens is 366 g/mol. The highest BCUT2D eigenvalue weighted by Crippen LogP contribution is 2.47. The lowest BCUT2D eigenvalue weighted by atomic mass is 9.77. The molecule has 0 N–H and O–H groups in total. The molecular formula is C28H23NO. The fourth-order valence-corrected chi connectivity index (χ4v) is 4.68. The van der Waals surface area contributed by atoms with E-state index in [1.54, 1.807) is 0 Å². The number of fused-ring (bicyclic) bond motifs is 1. The molecule has 146 valence electrons.